The van der Waals surface area contributed by atoms with E-state index in [0.29, 0.717) is 17.1 Å². The summed E-state index contributed by atoms with van der Waals surface area (Å²) in [5, 5.41) is 0. The van der Waals surface area contributed by atoms with E-state index in [1.807, 2.05) is 19.1 Å². The Balaban J connectivity index is 1.81. The zero-order valence-corrected chi connectivity index (χ0v) is 15.2. The van der Waals surface area contributed by atoms with Crippen molar-refractivity contribution in [2.24, 2.45) is 0 Å². The van der Waals surface area contributed by atoms with Crippen LogP contribution in [0.3, 0.4) is 0 Å². The molecule has 28 heavy (non-hydrogen) atoms. The third-order valence-corrected chi connectivity index (χ3v) is 3.88. The summed E-state index contributed by atoms with van der Waals surface area (Å²) in [5.74, 6) is -0.285. The maximum absolute atomic E-state index is 12.5. The van der Waals surface area contributed by atoms with Gasteiger partial charge in [0.15, 0.2) is 17.6 Å². The summed E-state index contributed by atoms with van der Waals surface area (Å²) in [5.41, 5.74) is 1.68. The molecule has 1 heterocycles. The number of benzene rings is 2. The Hall–Kier alpha value is -3.55. The highest BCUT2D eigenvalue weighted by atomic mass is 16.8. The van der Waals surface area contributed by atoms with Crippen molar-refractivity contribution < 1.29 is 38.1 Å². The van der Waals surface area contributed by atoms with Crippen molar-refractivity contribution >= 4 is 18.3 Å². The Kier molecular flexibility index (Phi) is 5.78. The van der Waals surface area contributed by atoms with Gasteiger partial charge in [0.05, 0.1) is 6.61 Å². The number of hydrogen-bond acceptors (Lipinski definition) is 8. The van der Waals surface area contributed by atoms with Crippen LogP contribution in [0.15, 0.2) is 48.5 Å². The lowest BCUT2D eigenvalue weighted by molar-refractivity contribution is -0.154. The molecule has 0 aliphatic carbocycles. The van der Waals surface area contributed by atoms with Crippen molar-refractivity contribution in [3.63, 3.8) is 0 Å². The normalized spacial score (nSPS) is 17.4. The quantitative estimate of drug-likeness (QED) is 0.582. The molecule has 0 unspecified atom stereocenters. The smallest absolute Gasteiger partial charge is 0.477 e. The highest BCUT2D eigenvalue weighted by molar-refractivity contribution is 5.89. The summed E-state index contributed by atoms with van der Waals surface area (Å²) in [7, 11) is 0. The average molecular weight is 386 g/mol. The van der Waals surface area contributed by atoms with Crippen molar-refractivity contribution in [2.45, 2.75) is 26.1 Å². The topological polar surface area (TPSA) is 97.4 Å². The molecule has 0 radical (unpaired) electrons. The zero-order chi connectivity index (χ0) is 20.1. The van der Waals surface area contributed by atoms with E-state index in [1.165, 1.54) is 6.92 Å². The number of ether oxygens (including phenoxy) is 5. The summed E-state index contributed by atoms with van der Waals surface area (Å²) >= 11 is 0. The monoisotopic (exact) mass is 386 g/mol. The average Bonchev–Trinajstić information content (AvgIpc) is 2.67. The van der Waals surface area contributed by atoms with Crippen LogP contribution >= 0.6 is 0 Å². The van der Waals surface area contributed by atoms with Crippen molar-refractivity contribution in [2.75, 3.05) is 6.61 Å². The van der Waals surface area contributed by atoms with Gasteiger partial charge in [0.25, 0.3) is 0 Å². The lowest BCUT2D eigenvalue weighted by atomic mass is 10.0. The minimum absolute atomic E-state index is 0.00587. The number of hydrogen-bond donors (Lipinski definition) is 0. The van der Waals surface area contributed by atoms with E-state index in [9.17, 15) is 14.4 Å². The highest BCUT2D eigenvalue weighted by Crippen LogP contribution is 2.39. The van der Waals surface area contributed by atoms with Gasteiger partial charge in [0.1, 0.15) is 0 Å². The van der Waals surface area contributed by atoms with Crippen LogP contribution in [0.1, 0.15) is 24.2 Å². The van der Waals surface area contributed by atoms with Gasteiger partial charge in [0, 0.05) is 0 Å². The van der Waals surface area contributed by atoms with E-state index in [1.54, 1.807) is 36.4 Å². The molecule has 0 amide bonds. The zero-order valence-electron chi connectivity index (χ0n) is 15.2. The second-order valence-corrected chi connectivity index (χ2v) is 5.89. The molecule has 0 bridgehead atoms. The summed E-state index contributed by atoms with van der Waals surface area (Å²) in [6, 6.07) is 14.1. The molecular weight excluding hydrogens is 368 g/mol. The third-order valence-electron chi connectivity index (χ3n) is 3.88. The molecule has 0 saturated carbocycles. The Morgan fingerprint density at radius 2 is 1.54 bits per heavy atom. The standard InChI is InChI=1S/C20H18O8/c1-3-24-19(22)28-20(23)27-18(21)17-16(13-10-8-12(2)9-11-13)25-14-6-4-5-7-15(14)26-17/h4-11,16-17H,3H2,1-2H3/t16-,17+/m0/s1. The Labute approximate surface area is 160 Å². The number of aryl methyl sites for hydroxylation is 1. The fraction of sp³-hybridized carbons (Fsp3) is 0.250. The van der Waals surface area contributed by atoms with E-state index in [2.05, 4.69) is 14.2 Å². The second kappa shape index (κ2) is 8.43. The first kappa shape index (κ1) is 19.2. The molecule has 0 N–H and O–H groups in total. The highest BCUT2D eigenvalue weighted by Gasteiger charge is 2.40. The maximum atomic E-state index is 12.5. The number of rotatable bonds is 3. The Morgan fingerprint density at radius 1 is 0.893 bits per heavy atom. The van der Waals surface area contributed by atoms with Crippen LogP contribution in [0.4, 0.5) is 9.59 Å². The molecule has 3 rings (SSSR count). The van der Waals surface area contributed by atoms with E-state index in [0.717, 1.165) is 5.56 Å². The van der Waals surface area contributed by atoms with Gasteiger partial charge >= 0.3 is 18.3 Å². The maximum Gasteiger partial charge on any atom is 0.526 e. The molecule has 1 aliphatic heterocycles. The summed E-state index contributed by atoms with van der Waals surface area (Å²) < 4.78 is 24.9. The molecule has 0 fully saturated rings. The molecule has 1 aliphatic rings. The second-order valence-electron chi connectivity index (χ2n) is 5.89. The van der Waals surface area contributed by atoms with Crippen LogP contribution in [0.5, 0.6) is 11.5 Å². The number of esters is 1. The minimum atomic E-state index is -1.51. The fourth-order valence-corrected chi connectivity index (χ4v) is 2.59. The molecule has 0 spiro atoms. The van der Waals surface area contributed by atoms with Gasteiger partial charge < -0.3 is 23.7 Å². The summed E-state index contributed by atoms with van der Waals surface area (Å²) in [6.45, 7) is 3.47. The van der Waals surface area contributed by atoms with Crippen LogP contribution in [-0.2, 0) is 19.0 Å². The van der Waals surface area contributed by atoms with Gasteiger partial charge in [-0.15, -0.1) is 0 Å². The van der Waals surface area contributed by atoms with E-state index < -0.39 is 30.5 Å². The number of fused-ring (bicyclic) bond motifs is 1. The van der Waals surface area contributed by atoms with Gasteiger partial charge in [-0.3, -0.25) is 0 Å². The van der Waals surface area contributed by atoms with Crippen LogP contribution in [0.2, 0.25) is 0 Å². The van der Waals surface area contributed by atoms with Crippen LogP contribution in [0.25, 0.3) is 0 Å². The number of carbonyl (C=O) groups is 3. The lowest BCUT2D eigenvalue weighted by Crippen LogP contribution is -2.41. The SMILES string of the molecule is CCOC(=O)OC(=O)OC(=O)[C@@H]1Oc2ccccc2O[C@H]1c1ccc(C)cc1. The summed E-state index contributed by atoms with van der Waals surface area (Å²) in [6.07, 6.45) is -4.92. The third kappa shape index (κ3) is 4.40. The minimum Gasteiger partial charge on any atom is -0.477 e. The first-order chi connectivity index (χ1) is 13.5. The molecule has 2 aromatic rings. The molecular formula is C20H18O8. The Bertz CT molecular complexity index is 874. The van der Waals surface area contributed by atoms with Gasteiger partial charge in [-0.05, 0) is 31.5 Å². The van der Waals surface area contributed by atoms with Gasteiger partial charge in [-0.1, -0.05) is 42.0 Å². The van der Waals surface area contributed by atoms with Crippen LogP contribution < -0.4 is 9.47 Å². The van der Waals surface area contributed by atoms with Crippen molar-refractivity contribution in [1.29, 1.82) is 0 Å². The molecule has 146 valence electrons. The summed E-state index contributed by atoms with van der Waals surface area (Å²) in [4.78, 5) is 35.4. The van der Waals surface area contributed by atoms with E-state index in [4.69, 9.17) is 9.47 Å². The molecule has 8 nitrogen and oxygen atoms in total. The first-order valence-corrected chi connectivity index (χ1v) is 8.57. The van der Waals surface area contributed by atoms with Gasteiger partial charge in [-0.25, -0.2) is 14.4 Å². The molecule has 0 aromatic heterocycles. The Morgan fingerprint density at radius 3 is 2.18 bits per heavy atom. The molecule has 8 heteroatoms. The first-order valence-electron chi connectivity index (χ1n) is 8.57. The predicted octanol–water partition coefficient (Wildman–Crippen LogP) is 3.71. The van der Waals surface area contributed by atoms with Gasteiger partial charge in [0.2, 0.25) is 6.10 Å². The number of para-hydroxylation sites is 2. The lowest BCUT2D eigenvalue weighted by Gasteiger charge is -2.32. The fourth-order valence-electron chi connectivity index (χ4n) is 2.59. The van der Waals surface area contributed by atoms with Crippen molar-refractivity contribution in [3.8, 4) is 11.5 Å². The van der Waals surface area contributed by atoms with Crippen molar-refractivity contribution in [1.82, 2.24) is 0 Å². The van der Waals surface area contributed by atoms with E-state index in [-0.39, 0.29) is 6.61 Å². The molecule has 2 atom stereocenters. The predicted molar refractivity (Wildman–Crippen MR) is 95.0 cm³/mol. The van der Waals surface area contributed by atoms with E-state index >= 15 is 0 Å². The van der Waals surface area contributed by atoms with Crippen LogP contribution in [-0.4, -0.2) is 31.0 Å². The largest absolute Gasteiger partial charge is 0.526 e. The van der Waals surface area contributed by atoms with Crippen LogP contribution in [0, 0.1) is 6.92 Å². The molecule has 2 aromatic carbocycles. The molecule has 0 saturated heterocycles. The van der Waals surface area contributed by atoms with Crippen molar-refractivity contribution in [3.05, 3.63) is 59.7 Å². The number of carbonyl (C=O) groups excluding carboxylic acids is 3. The van der Waals surface area contributed by atoms with Gasteiger partial charge in [-0.2, -0.15) is 0 Å².